The molecule has 74 valence electrons. The van der Waals surface area contributed by atoms with E-state index in [2.05, 4.69) is 0 Å². The quantitative estimate of drug-likeness (QED) is 0.624. The molecule has 0 unspecified atom stereocenters. The lowest BCUT2D eigenvalue weighted by Gasteiger charge is -2.01. The van der Waals surface area contributed by atoms with Gasteiger partial charge in [-0.05, 0) is 36.6 Å². The Morgan fingerprint density at radius 2 is 1.62 bits per heavy atom. The molecule has 1 aromatic carbocycles. The number of rotatable bonds is 1. The largest absolute Gasteiger partial charge is 0.207 e. The predicted molar refractivity (Wildman–Crippen MR) is 51.8 cm³/mol. The summed E-state index contributed by atoms with van der Waals surface area (Å²) in [6.45, 7) is 7.35. The van der Waals surface area contributed by atoms with Gasteiger partial charge in [0.2, 0.25) is 0 Å². The molecule has 0 atom stereocenters. The zero-order chi connectivity index (χ0) is 10.4. The van der Waals surface area contributed by atoms with Crippen LogP contribution in [-0.2, 0) is 6.42 Å². The maximum absolute atomic E-state index is 12.9. The SMILES string of the molecule is CC.CCc1cc(F)c(C)cc1F. The average Bonchev–Trinajstić information content (AvgIpc) is 2.15. The third-order valence-electron chi connectivity index (χ3n) is 1.71. The van der Waals surface area contributed by atoms with Gasteiger partial charge in [0.05, 0.1) is 0 Å². The Hall–Kier alpha value is -0.920. The molecule has 0 aliphatic carbocycles. The molecule has 2 heteroatoms. The van der Waals surface area contributed by atoms with E-state index < -0.39 is 0 Å². The van der Waals surface area contributed by atoms with E-state index in [1.54, 1.807) is 13.8 Å². The van der Waals surface area contributed by atoms with Gasteiger partial charge < -0.3 is 0 Å². The fraction of sp³-hybridized carbons (Fsp3) is 0.455. The maximum atomic E-state index is 12.9. The van der Waals surface area contributed by atoms with Gasteiger partial charge in [-0.25, -0.2) is 8.78 Å². The van der Waals surface area contributed by atoms with Crippen molar-refractivity contribution in [3.63, 3.8) is 0 Å². The van der Waals surface area contributed by atoms with Crippen LogP contribution in [0.2, 0.25) is 0 Å². The maximum Gasteiger partial charge on any atom is 0.126 e. The number of benzene rings is 1. The van der Waals surface area contributed by atoms with Gasteiger partial charge in [-0.15, -0.1) is 0 Å². The third kappa shape index (κ3) is 3.13. The van der Waals surface area contributed by atoms with Crippen LogP contribution in [-0.4, -0.2) is 0 Å². The number of hydrogen-bond donors (Lipinski definition) is 0. The van der Waals surface area contributed by atoms with Crippen molar-refractivity contribution in [1.82, 2.24) is 0 Å². The first-order chi connectivity index (χ1) is 6.15. The van der Waals surface area contributed by atoms with Crippen LogP contribution >= 0.6 is 0 Å². The molecule has 0 saturated heterocycles. The number of halogens is 2. The minimum Gasteiger partial charge on any atom is -0.207 e. The minimum atomic E-state index is -0.330. The molecule has 0 amide bonds. The van der Waals surface area contributed by atoms with Crippen molar-refractivity contribution in [2.45, 2.75) is 34.1 Å². The van der Waals surface area contributed by atoms with Crippen LogP contribution in [0.4, 0.5) is 8.78 Å². The molecular formula is C11H16F2. The zero-order valence-corrected chi connectivity index (χ0v) is 8.62. The predicted octanol–water partition coefficient (Wildman–Crippen LogP) is 3.86. The molecule has 0 heterocycles. The van der Waals surface area contributed by atoms with Gasteiger partial charge in [0.15, 0.2) is 0 Å². The Kier molecular flexibility index (Phi) is 5.28. The van der Waals surface area contributed by atoms with E-state index in [-0.39, 0.29) is 11.6 Å². The minimum absolute atomic E-state index is 0.314. The number of hydrogen-bond acceptors (Lipinski definition) is 0. The standard InChI is InChI=1S/C9H10F2.C2H6/c1-3-7-5-8(10)6(2)4-9(7)11;1-2/h4-5H,3H2,1-2H3;1-2H3. The van der Waals surface area contributed by atoms with Gasteiger partial charge in [-0.2, -0.15) is 0 Å². The molecule has 0 saturated carbocycles. The highest BCUT2D eigenvalue weighted by Crippen LogP contribution is 2.13. The summed E-state index contributed by atoms with van der Waals surface area (Å²) in [6, 6.07) is 2.48. The Morgan fingerprint density at radius 1 is 1.08 bits per heavy atom. The summed E-state index contributed by atoms with van der Waals surface area (Å²) >= 11 is 0. The highest BCUT2D eigenvalue weighted by Gasteiger charge is 2.04. The van der Waals surface area contributed by atoms with E-state index in [0.717, 1.165) is 0 Å². The van der Waals surface area contributed by atoms with Crippen LogP contribution in [0.25, 0.3) is 0 Å². The monoisotopic (exact) mass is 186 g/mol. The van der Waals surface area contributed by atoms with Gasteiger partial charge in [0, 0.05) is 0 Å². The van der Waals surface area contributed by atoms with Crippen molar-refractivity contribution in [2.24, 2.45) is 0 Å². The lowest BCUT2D eigenvalue weighted by molar-refractivity contribution is 0.580. The Bertz CT molecular complexity index is 267. The molecule has 0 fully saturated rings. The Balaban J connectivity index is 0.000000671. The van der Waals surface area contributed by atoms with Crippen LogP contribution in [0.1, 0.15) is 31.9 Å². The lowest BCUT2D eigenvalue weighted by Crippen LogP contribution is -1.92. The molecule has 1 aromatic rings. The summed E-state index contributed by atoms with van der Waals surface area (Å²) in [5.74, 6) is -0.644. The molecule has 0 bridgehead atoms. The topological polar surface area (TPSA) is 0 Å². The molecule has 0 spiro atoms. The Labute approximate surface area is 78.6 Å². The summed E-state index contributed by atoms with van der Waals surface area (Å²) in [6.07, 6.45) is 0.531. The van der Waals surface area contributed by atoms with E-state index in [0.29, 0.717) is 17.5 Å². The van der Waals surface area contributed by atoms with E-state index in [1.807, 2.05) is 13.8 Å². The molecule has 0 aromatic heterocycles. The molecular weight excluding hydrogens is 170 g/mol. The van der Waals surface area contributed by atoms with Crippen molar-refractivity contribution in [1.29, 1.82) is 0 Å². The van der Waals surface area contributed by atoms with Crippen molar-refractivity contribution < 1.29 is 8.78 Å². The second-order valence-corrected chi connectivity index (χ2v) is 2.55. The van der Waals surface area contributed by atoms with E-state index in [4.69, 9.17) is 0 Å². The number of aryl methyl sites for hydroxylation is 2. The first kappa shape index (κ1) is 12.1. The summed E-state index contributed by atoms with van der Waals surface area (Å²) in [7, 11) is 0. The van der Waals surface area contributed by atoms with Gasteiger partial charge in [-0.1, -0.05) is 20.8 Å². The molecule has 1 rings (SSSR count). The second-order valence-electron chi connectivity index (χ2n) is 2.55. The van der Waals surface area contributed by atoms with E-state index in [1.165, 1.54) is 12.1 Å². The van der Waals surface area contributed by atoms with Crippen LogP contribution in [0.5, 0.6) is 0 Å². The third-order valence-corrected chi connectivity index (χ3v) is 1.71. The normalized spacial score (nSPS) is 9.08. The van der Waals surface area contributed by atoms with Gasteiger partial charge in [0.1, 0.15) is 11.6 Å². The van der Waals surface area contributed by atoms with Gasteiger partial charge in [0.25, 0.3) is 0 Å². The molecule has 0 aliphatic rings. The second kappa shape index (κ2) is 5.68. The smallest absolute Gasteiger partial charge is 0.126 e. The van der Waals surface area contributed by atoms with Crippen molar-refractivity contribution in [2.75, 3.05) is 0 Å². The molecule has 0 nitrogen and oxygen atoms in total. The average molecular weight is 186 g/mol. The van der Waals surface area contributed by atoms with Crippen molar-refractivity contribution in [3.8, 4) is 0 Å². The fourth-order valence-corrected chi connectivity index (χ4v) is 0.958. The first-order valence-electron chi connectivity index (χ1n) is 4.59. The van der Waals surface area contributed by atoms with Gasteiger partial charge >= 0.3 is 0 Å². The lowest BCUT2D eigenvalue weighted by atomic mass is 10.1. The molecule has 13 heavy (non-hydrogen) atoms. The fourth-order valence-electron chi connectivity index (χ4n) is 0.958. The Morgan fingerprint density at radius 3 is 2.08 bits per heavy atom. The van der Waals surface area contributed by atoms with Crippen LogP contribution < -0.4 is 0 Å². The zero-order valence-electron chi connectivity index (χ0n) is 8.62. The highest BCUT2D eigenvalue weighted by atomic mass is 19.1. The van der Waals surface area contributed by atoms with Crippen molar-refractivity contribution >= 4 is 0 Å². The first-order valence-corrected chi connectivity index (χ1v) is 4.59. The van der Waals surface area contributed by atoms with E-state index >= 15 is 0 Å². The summed E-state index contributed by atoms with van der Waals surface area (Å²) < 4.78 is 25.6. The van der Waals surface area contributed by atoms with Crippen LogP contribution in [0.15, 0.2) is 12.1 Å². The summed E-state index contributed by atoms with van der Waals surface area (Å²) in [5, 5.41) is 0. The van der Waals surface area contributed by atoms with E-state index in [9.17, 15) is 8.78 Å². The summed E-state index contributed by atoms with van der Waals surface area (Å²) in [4.78, 5) is 0. The van der Waals surface area contributed by atoms with Crippen molar-refractivity contribution in [3.05, 3.63) is 34.9 Å². The van der Waals surface area contributed by atoms with Crippen LogP contribution in [0.3, 0.4) is 0 Å². The summed E-state index contributed by atoms with van der Waals surface area (Å²) in [5.41, 5.74) is 0.799. The highest BCUT2D eigenvalue weighted by molar-refractivity contribution is 5.24. The van der Waals surface area contributed by atoms with Crippen LogP contribution in [0, 0.1) is 18.6 Å². The molecule has 0 N–H and O–H groups in total. The molecule has 0 radical (unpaired) electrons. The molecule has 0 aliphatic heterocycles. The van der Waals surface area contributed by atoms with Gasteiger partial charge in [-0.3, -0.25) is 0 Å².